The van der Waals surface area contributed by atoms with Gasteiger partial charge in [-0.2, -0.15) is 5.21 Å². The average molecular weight is 623 g/mol. The van der Waals surface area contributed by atoms with Crippen LogP contribution in [-0.4, -0.2) is 78.9 Å². The predicted molar refractivity (Wildman–Crippen MR) is 167 cm³/mol. The number of halogens is 1. The van der Waals surface area contributed by atoms with Crippen LogP contribution in [-0.2, 0) is 33.9 Å². The van der Waals surface area contributed by atoms with Crippen molar-refractivity contribution in [1.82, 2.24) is 40.4 Å². The Kier molecular flexibility index (Phi) is 12.0. The number of carboxylic acid groups (broad SMARTS) is 1. The number of unbranched alkanes of at least 4 members (excludes halogenated alkanes) is 1. The Morgan fingerprint density at radius 2 is 1.89 bits per heavy atom. The van der Waals surface area contributed by atoms with E-state index in [4.69, 9.17) is 21.4 Å². The van der Waals surface area contributed by atoms with Crippen molar-refractivity contribution >= 4 is 23.5 Å². The van der Waals surface area contributed by atoms with Gasteiger partial charge in [0.25, 0.3) is 0 Å². The van der Waals surface area contributed by atoms with Crippen molar-refractivity contribution in [3.8, 4) is 22.5 Å². The van der Waals surface area contributed by atoms with Crippen LogP contribution >= 0.6 is 11.6 Å². The Hall–Kier alpha value is -4.13. The Labute approximate surface area is 261 Å². The number of hydrogen-bond donors (Lipinski definition) is 3. The molecule has 2 aromatic carbocycles. The number of rotatable bonds is 17. The first-order valence-electron chi connectivity index (χ1n) is 14.7. The van der Waals surface area contributed by atoms with E-state index in [1.54, 1.807) is 14.1 Å². The molecule has 44 heavy (non-hydrogen) atoms. The molecule has 4 aromatic rings. The normalized spacial score (nSPS) is 12.0. The number of carbonyl (C=O) groups is 2. The molecule has 0 saturated heterocycles. The Balaban J connectivity index is 1.54. The van der Waals surface area contributed by atoms with E-state index in [1.807, 2.05) is 33.7 Å². The highest BCUT2D eigenvalue weighted by atomic mass is 35.5. The molecule has 0 aliphatic heterocycles. The number of carboxylic acids is 1. The van der Waals surface area contributed by atoms with E-state index >= 15 is 0 Å². The van der Waals surface area contributed by atoms with Gasteiger partial charge < -0.3 is 19.7 Å². The first-order valence-corrected chi connectivity index (χ1v) is 15.1. The number of aromatic nitrogens is 6. The topological polar surface area (TPSA) is 151 Å². The molecular formula is C31H39ClN8O4. The molecule has 0 fully saturated rings. The van der Waals surface area contributed by atoms with E-state index < -0.39 is 18.0 Å². The minimum Gasteiger partial charge on any atom is -0.481 e. The quantitative estimate of drug-likeness (QED) is 0.113. The lowest BCUT2D eigenvalue weighted by atomic mass is 9.98. The number of aromatic amines is 1. The molecule has 3 N–H and O–H groups in total. The van der Waals surface area contributed by atoms with Crippen molar-refractivity contribution in [3.05, 3.63) is 70.8 Å². The molecule has 12 nitrogen and oxygen atoms in total. The molecule has 234 valence electrons. The number of tetrazole rings is 1. The first kappa shape index (κ1) is 32.8. The number of carbonyl (C=O) groups excluding carboxylic acids is 1. The van der Waals surface area contributed by atoms with Crippen molar-refractivity contribution in [2.45, 2.75) is 64.6 Å². The van der Waals surface area contributed by atoms with Crippen LogP contribution in [0.25, 0.3) is 22.5 Å². The minimum absolute atomic E-state index is 0.0158. The summed E-state index contributed by atoms with van der Waals surface area (Å²) in [7, 11) is 3.58. The molecule has 13 heteroatoms. The van der Waals surface area contributed by atoms with Crippen molar-refractivity contribution in [2.75, 3.05) is 20.8 Å². The number of likely N-dealkylation sites (N-methyl/N-ethyl adjacent to an activating group) is 1. The molecule has 0 spiro atoms. The second-order valence-electron chi connectivity index (χ2n) is 10.6. The van der Waals surface area contributed by atoms with Crippen molar-refractivity contribution in [1.29, 1.82) is 0 Å². The zero-order valence-electron chi connectivity index (χ0n) is 25.3. The molecule has 2 heterocycles. The van der Waals surface area contributed by atoms with Crippen LogP contribution < -0.4 is 5.32 Å². The third-order valence-corrected chi connectivity index (χ3v) is 7.71. The summed E-state index contributed by atoms with van der Waals surface area (Å²) in [5.74, 6) is 0.0306. The van der Waals surface area contributed by atoms with Crippen LogP contribution in [0.2, 0.25) is 5.15 Å². The van der Waals surface area contributed by atoms with E-state index in [1.165, 1.54) is 0 Å². The summed E-state index contributed by atoms with van der Waals surface area (Å²) in [5.41, 5.74) is 4.54. The van der Waals surface area contributed by atoms with Crippen LogP contribution in [0.5, 0.6) is 0 Å². The van der Waals surface area contributed by atoms with Crippen LogP contribution in [0.3, 0.4) is 0 Å². The molecule has 0 aliphatic rings. The maximum Gasteiger partial charge on any atom is 0.323 e. The summed E-state index contributed by atoms with van der Waals surface area (Å²) in [6.07, 6.45) is 3.39. The van der Waals surface area contributed by atoms with Gasteiger partial charge in [-0.25, -0.2) is 4.98 Å². The molecular weight excluding hydrogens is 584 g/mol. The highest BCUT2D eigenvalue weighted by Gasteiger charge is 2.26. The van der Waals surface area contributed by atoms with E-state index in [0.29, 0.717) is 42.7 Å². The average Bonchev–Trinajstić information content (AvgIpc) is 3.65. The fraction of sp³-hybridized carbons (Fsp3) is 0.419. The number of imidazole rings is 1. The summed E-state index contributed by atoms with van der Waals surface area (Å²) < 4.78 is 7.83. The van der Waals surface area contributed by atoms with Gasteiger partial charge in [-0.3, -0.25) is 14.5 Å². The van der Waals surface area contributed by atoms with Crippen molar-refractivity contribution in [3.63, 3.8) is 0 Å². The van der Waals surface area contributed by atoms with Crippen molar-refractivity contribution < 1.29 is 19.4 Å². The third kappa shape index (κ3) is 8.49. The molecule has 0 aliphatic carbocycles. The second kappa shape index (κ2) is 16.1. The van der Waals surface area contributed by atoms with Gasteiger partial charge >= 0.3 is 11.9 Å². The number of aryl methyl sites for hydroxylation is 1. The van der Waals surface area contributed by atoms with E-state index in [-0.39, 0.29) is 13.0 Å². The monoisotopic (exact) mass is 622 g/mol. The van der Waals surface area contributed by atoms with Gasteiger partial charge in [0.05, 0.1) is 5.69 Å². The van der Waals surface area contributed by atoms with Crippen LogP contribution in [0.4, 0.5) is 0 Å². The number of hydrogen-bond acceptors (Lipinski definition) is 9. The summed E-state index contributed by atoms with van der Waals surface area (Å²) in [6.45, 7) is 3.02. The molecule has 0 amide bonds. The number of H-pyrrole nitrogens is 1. The summed E-state index contributed by atoms with van der Waals surface area (Å²) in [5, 5.41) is 26.9. The maximum absolute atomic E-state index is 13.2. The standard InChI is InChI=1S/C31H39ClN8O4/c1-4-5-12-27-34-29(32)26(19-44-31(43)25(39(3)20-33-2)11-8-13-28(41)42)40(27)18-21-14-16-22(17-15-21)23-9-6-7-10-24(23)30-35-37-38-36-30/h6-7,9-10,14-17,25,33H,4-5,8,11-13,18-20H2,1-3H3,(H,41,42)(H,35,36,37,38)/t25-/m0/s1. The second-order valence-corrected chi connectivity index (χ2v) is 11.0. The Morgan fingerprint density at radius 3 is 2.55 bits per heavy atom. The molecule has 0 unspecified atom stereocenters. The Morgan fingerprint density at radius 1 is 1.14 bits per heavy atom. The third-order valence-electron chi connectivity index (χ3n) is 7.41. The maximum atomic E-state index is 13.2. The summed E-state index contributed by atoms with van der Waals surface area (Å²) in [6, 6.07) is 15.5. The number of ether oxygens (including phenoxy) is 1. The van der Waals surface area contributed by atoms with Gasteiger partial charge in [0.1, 0.15) is 18.5 Å². The van der Waals surface area contributed by atoms with Gasteiger partial charge in [0.15, 0.2) is 5.15 Å². The number of nitrogens with zero attached hydrogens (tertiary/aromatic N) is 6. The Bertz CT molecular complexity index is 1510. The molecule has 1 atom stereocenters. The predicted octanol–water partition coefficient (Wildman–Crippen LogP) is 4.55. The molecule has 0 saturated carbocycles. The number of esters is 1. The number of benzene rings is 2. The smallest absolute Gasteiger partial charge is 0.323 e. The van der Waals surface area contributed by atoms with Gasteiger partial charge in [-0.15, -0.1) is 10.2 Å². The van der Waals surface area contributed by atoms with E-state index in [2.05, 4.69) is 62.1 Å². The lowest BCUT2D eigenvalue weighted by Crippen LogP contribution is -2.43. The minimum atomic E-state index is -0.895. The molecule has 2 aromatic heterocycles. The number of aliphatic carboxylic acids is 1. The summed E-state index contributed by atoms with van der Waals surface area (Å²) in [4.78, 5) is 30.7. The van der Waals surface area contributed by atoms with E-state index in [0.717, 1.165) is 47.3 Å². The molecule has 0 bridgehead atoms. The van der Waals surface area contributed by atoms with Gasteiger partial charge in [0, 0.05) is 31.6 Å². The van der Waals surface area contributed by atoms with E-state index in [9.17, 15) is 9.59 Å². The van der Waals surface area contributed by atoms with Crippen LogP contribution in [0.15, 0.2) is 48.5 Å². The largest absolute Gasteiger partial charge is 0.481 e. The SMILES string of the molecule is CCCCc1nc(Cl)c(COC(=O)[C@H](CCCC(=O)O)N(C)CNC)n1Cc1ccc(-c2ccccc2-c2nn[nH]n2)cc1. The van der Waals surface area contributed by atoms with Gasteiger partial charge in [-0.05, 0) is 55.3 Å². The first-order chi connectivity index (χ1) is 21.3. The van der Waals surface area contributed by atoms with Crippen LogP contribution in [0, 0.1) is 0 Å². The highest BCUT2D eigenvalue weighted by Crippen LogP contribution is 2.30. The highest BCUT2D eigenvalue weighted by molar-refractivity contribution is 6.30. The van der Waals surface area contributed by atoms with Crippen LogP contribution in [0.1, 0.15) is 56.1 Å². The van der Waals surface area contributed by atoms with Crippen molar-refractivity contribution in [2.24, 2.45) is 0 Å². The fourth-order valence-corrected chi connectivity index (χ4v) is 5.35. The van der Waals surface area contributed by atoms with Gasteiger partial charge in [0.2, 0.25) is 5.82 Å². The van der Waals surface area contributed by atoms with Gasteiger partial charge in [-0.1, -0.05) is 73.5 Å². The molecule has 0 radical (unpaired) electrons. The molecule has 4 rings (SSSR count). The zero-order chi connectivity index (χ0) is 31.5. The lowest BCUT2D eigenvalue weighted by molar-refractivity contribution is -0.152. The fourth-order valence-electron chi connectivity index (χ4n) is 5.09. The summed E-state index contributed by atoms with van der Waals surface area (Å²) >= 11 is 6.63. The zero-order valence-corrected chi connectivity index (χ0v) is 26.0. The number of nitrogens with one attached hydrogen (secondary N) is 2. The lowest BCUT2D eigenvalue weighted by Gasteiger charge is -2.26.